The lowest BCUT2D eigenvalue weighted by Gasteiger charge is -2.06. The van der Waals surface area contributed by atoms with Crippen LogP contribution >= 0.6 is 0 Å². The van der Waals surface area contributed by atoms with Crippen molar-refractivity contribution in [2.45, 2.75) is 0 Å². The second-order valence-corrected chi connectivity index (χ2v) is 1.74. The van der Waals surface area contributed by atoms with Crippen LogP contribution in [0.25, 0.3) is 0 Å². The summed E-state index contributed by atoms with van der Waals surface area (Å²) < 4.78 is 8.77. The van der Waals surface area contributed by atoms with Crippen LogP contribution in [0.4, 0.5) is 9.59 Å². The maximum absolute atomic E-state index is 10.6. The van der Waals surface area contributed by atoms with Crippen molar-refractivity contribution in [2.24, 2.45) is 0 Å². The van der Waals surface area contributed by atoms with E-state index in [4.69, 9.17) is 0 Å². The molecule has 0 aromatic heterocycles. The summed E-state index contributed by atoms with van der Waals surface area (Å²) in [5, 5.41) is 0. The van der Waals surface area contributed by atoms with Gasteiger partial charge >= 0.3 is 12.2 Å². The fraction of sp³-hybridized carbons (Fsp3) is 0.600. The monoisotopic (exact) mass is 145 g/mol. The van der Waals surface area contributed by atoms with Crippen molar-refractivity contribution in [1.29, 1.82) is 0 Å². The minimum atomic E-state index is -0.664. The summed E-state index contributed by atoms with van der Waals surface area (Å²) in [4.78, 5) is 22.1. The average Bonchev–Trinajstić information content (AvgIpc) is 2.34. The highest BCUT2D eigenvalue weighted by molar-refractivity contribution is 5.88. The van der Waals surface area contributed by atoms with Crippen LogP contribution in [0.3, 0.4) is 0 Å². The number of amides is 2. The molecule has 0 radical (unpaired) electrons. The molecule has 1 fully saturated rings. The van der Waals surface area contributed by atoms with Gasteiger partial charge in [0.25, 0.3) is 0 Å². The SMILES string of the molecule is COC(=O)N1CCOC1=O. The molecule has 0 unspecified atom stereocenters. The largest absolute Gasteiger partial charge is 0.452 e. The lowest BCUT2D eigenvalue weighted by atomic mass is 10.6. The van der Waals surface area contributed by atoms with E-state index in [9.17, 15) is 9.59 Å². The van der Waals surface area contributed by atoms with Crippen molar-refractivity contribution >= 4 is 12.2 Å². The number of imide groups is 1. The maximum Gasteiger partial charge on any atom is 0.419 e. The Morgan fingerprint density at radius 2 is 2.50 bits per heavy atom. The highest BCUT2D eigenvalue weighted by Crippen LogP contribution is 2.03. The molecule has 5 nitrogen and oxygen atoms in total. The van der Waals surface area contributed by atoms with Crippen LogP contribution in [0, 0.1) is 0 Å². The molecule has 56 valence electrons. The van der Waals surface area contributed by atoms with Gasteiger partial charge in [-0.3, -0.25) is 0 Å². The van der Waals surface area contributed by atoms with E-state index >= 15 is 0 Å². The number of rotatable bonds is 0. The minimum absolute atomic E-state index is 0.258. The van der Waals surface area contributed by atoms with Crippen molar-refractivity contribution in [1.82, 2.24) is 4.90 Å². The van der Waals surface area contributed by atoms with E-state index in [-0.39, 0.29) is 13.2 Å². The van der Waals surface area contributed by atoms with Crippen LogP contribution in [0.1, 0.15) is 0 Å². The Morgan fingerprint density at radius 3 is 2.90 bits per heavy atom. The third-order valence-electron chi connectivity index (χ3n) is 1.16. The van der Waals surface area contributed by atoms with Crippen LogP contribution < -0.4 is 0 Å². The Hall–Kier alpha value is -1.26. The fourth-order valence-corrected chi connectivity index (χ4v) is 0.669. The molecule has 1 aliphatic rings. The summed E-state index contributed by atoms with van der Waals surface area (Å²) in [7, 11) is 1.22. The summed E-state index contributed by atoms with van der Waals surface area (Å²) in [6, 6.07) is 0. The first-order valence-corrected chi connectivity index (χ1v) is 2.78. The van der Waals surface area contributed by atoms with Crippen molar-refractivity contribution in [3.8, 4) is 0 Å². The number of hydrogen-bond acceptors (Lipinski definition) is 4. The lowest BCUT2D eigenvalue weighted by Crippen LogP contribution is -2.31. The normalized spacial score (nSPS) is 16.9. The number of carbonyl (C=O) groups excluding carboxylic acids is 2. The molecule has 0 spiro atoms. The molecule has 0 atom stereocenters. The molecule has 1 aliphatic heterocycles. The predicted octanol–water partition coefficient (Wildman–Crippen LogP) is 0.205. The summed E-state index contributed by atoms with van der Waals surface area (Å²) in [5.41, 5.74) is 0. The Balaban J connectivity index is 2.55. The Bertz CT molecular complexity index is 167. The van der Waals surface area contributed by atoms with Crippen LogP contribution in [0.5, 0.6) is 0 Å². The van der Waals surface area contributed by atoms with Gasteiger partial charge < -0.3 is 9.47 Å². The molecule has 1 rings (SSSR count). The number of methoxy groups -OCH3 is 1. The van der Waals surface area contributed by atoms with E-state index in [1.807, 2.05) is 0 Å². The van der Waals surface area contributed by atoms with Crippen molar-refractivity contribution in [3.05, 3.63) is 0 Å². The lowest BCUT2D eigenvalue weighted by molar-refractivity contribution is 0.126. The molecule has 10 heavy (non-hydrogen) atoms. The van der Waals surface area contributed by atoms with Gasteiger partial charge in [-0.15, -0.1) is 0 Å². The first-order chi connectivity index (χ1) is 4.75. The van der Waals surface area contributed by atoms with Crippen molar-refractivity contribution in [3.63, 3.8) is 0 Å². The number of cyclic esters (lactones) is 1. The van der Waals surface area contributed by atoms with Gasteiger partial charge in [-0.25, -0.2) is 14.5 Å². The Morgan fingerprint density at radius 1 is 1.80 bits per heavy atom. The molecule has 0 aromatic carbocycles. The van der Waals surface area contributed by atoms with Gasteiger partial charge in [-0.1, -0.05) is 0 Å². The van der Waals surface area contributed by atoms with Gasteiger partial charge in [-0.05, 0) is 0 Å². The van der Waals surface area contributed by atoms with E-state index < -0.39 is 12.2 Å². The van der Waals surface area contributed by atoms with Gasteiger partial charge in [0.15, 0.2) is 0 Å². The molecular weight excluding hydrogens is 138 g/mol. The van der Waals surface area contributed by atoms with Crippen LogP contribution in [0.2, 0.25) is 0 Å². The van der Waals surface area contributed by atoms with Gasteiger partial charge in [0.2, 0.25) is 0 Å². The zero-order valence-corrected chi connectivity index (χ0v) is 5.49. The van der Waals surface area contributed by atoms with Crippen LogP contribution in [-0.2, 0) is 9.47 Å². The second kappa shape index (κ2) is 2.55. The van der Waals surface area contributed by atoms with E-state index in [1.54, 1.807) is 0 Å². The van der Waals surface area contributed by atoms with E-state index in [0.717, 1.165) is 4.90 Å². The highest BCUT2D eigenvalue weighted by atomic mass is 16.6. The Kier molecular flexibility index (Phi) is 1.75. The molecular formula is C5H7NO4. The van der Waals surface area contributed by atoms with E-state index in [0.29, 0.717) is 0 Å². The van der Waals surface area contributed by atoms with Gasteiger partial charge in [-0.2, -0.15) is 0 Å². The zero-order chi connectivity index (χ0) is 7.56. The number of ether oxygens (including phenoxy) is 2. The Labute approximate surface area is 57.5 Å². The van der Waals surface area contributed by atoms with Gasteiger partial charge in [0.05, 0.1) is 13.7 Å². The highest BCUT2D eigenvalue weighted by Gasteiger charge is 2.28. The third kappa shape index (κ3) is 1.02. The minimum Gasteiger partial charge on any atom is -0.452 e. The molecule has 0 aromatic rings. The first kappa shape index (κ1) is 6.85. The molecule has 5 heteroatoms. The standard InChI is InChI=1S/C5H7NO4/c1-9-4(7)6-2-3-10-5(6)8/h2-3H2,1H3. The van der Waals surface area contributed by atoms with Crippen molar-refractivity contribution < 1.29 is 19.1 Å². The zero-order valence-electron chi connectivity index (χ0n) is 5.49. The van der Waals surface area contributed by atoms with Crippen LogP contribution in [0.15, 0.2) is 0 Å². The molecule has 1 heterocycles. The van der Waals surface area contributed by atoms with Gasteiger partial charge in [0.1, 0.15) is 6.61 Å². The van der Waals surface area contributed by atoms with Gasteiger partial charge in [0, 0.05) is 0 Å². The fourth-order valence-electron chi connectivity index (χ4n) is 0.669. The smallest absolute Gasteiger partial charge is 0.419 e. The number of hydrogen-bond donors (Lipinski definition) is 0. The molecule has 0 saturated carbocycles. The van der Waals surface area contributed by atoms with E-state index in [2.05, 4.69) is 9.47 Å². The van der Waals surface area contributed by atoms with Crippen LogP contribution in [-0.4, -0.2) is 37.3 Å². The summed E-state index contributed by atoms with van der Waals surface area (Å²) in [6.45, 7) is 0.541. The van der Waals surface area contributed by atoms with Crippen molar-refractivity contribution in [2.75, 3.05) is 20.3 Å². The number of carbonyl (C=O) groups is 2. The summed E-state index contributed by atoms with van der Waals surface area (Å²) in [5.74, 6) is 0. The summed E-state index contributed by atoms with van der Waals surface area (Å²) >= 11 is 0. The third-order valence-corrected chi connectivity index (χ3v) is 1.16. The second-order valence-electron chi connectivity index (χ2n) is 1.74. The van der Waals surface area contributed by atoms with E-state index in [1.165, 1.54) is 7.11 Å². The molecule has 0 aliphatic carbocycles. The average molecular weight is 145 g/mol. The molecule has 0 bridgehead atoms. The maximum atomic E-state index is 10.6. The predicted molar refractivity (Wildman–Crippen MR) is 30.5 cm³/mol. The quantitative estimate of drug-likeness (QED) is 0.488. The summed E-state index contributed by atoms with van der Waals surface area (Å²) in [6.07, 6.45) is -1.30. The molecule has 0 N–H and O–H groups in total. The topological polar surface area (TPSA) is 55.8 Å². The number of nitrogens with zero attached hydrogens (tertiary/aromatic N) is 1. The molecule has 1 saturated heterocycles. The molecule has 2 amide bonds. The first-order valence-electron chi connectivity index (χ1n) is 2.78.